The maximum atomic E-state index is 11.0. The molecule has 2 aromatic rings. The van der Waals surface area contributed by atoms with Crippen LogP contribution < -0.4 is 5.43 Å². The summed E-state index contributed by atoms with van der Waals surface area (Å²) in [6, 6.07) is 5.46. The zero-order chi connectivity index (χ0) is 14.7. The minimum atomic E-state index is -0.476. The molecule has 0 bridgehead atoms. The summed E-state index contributed by atoms with van der Waals surface area (Å²) in [5.41, 5.74) is 4.27. The van der Waals surface area contributed by atoms with Crippen LogP contribution in [-0.2, 0) is 7.05 Å². The number of hydrazone groups is 1. The summed E-state index contributed by atoms with van der Waals surface area (Å²) in [5.74, 6) is 0.239. The second kappa shape index (κ2) is 5.47. The summed E-state index contributed by atoms with van der Waals surface area (Å²) in [4.78, 5) is 14.7. The molecule has 20 heavy (non-hydrogen) atoms. The number of hydrogen-bond acceptors (Lipinski definition) is 6. The quantitative estimate of drug-likeness (QED) is 0.521. The molecular weight excluding hydrogens is 260 g/mol. The number of anilines is 1. The van der Waals surface area contributed by atoms with Crippen LogP contribution in [0.1, 0.15) is 18.3 Å². The summed E-state index contributed by atoms with van der Waals surface area (Å²) in [6.07, 6.45) is 1.66. The van der Waals surface area contributed by atoms with Crippen LogP contribution in [0.5, 0.6) is 0 Å². The highest BCUT2D eigenvalue weighted by molar-refractivity contribution is 5.97. The Morgan fingerprint density at radius 3 is 2.85 bits per heavy atom. The standard InChI is InChI=1S/C12H14N6O2/c1-8(10-6-4-5-7-13-10)14-15-12-11(18(19)20)9(2)16-17(12)3/h4-7,15H,1-3H3. The van der Waals surface area contributed by atoms with E-state index < -0.39 is 4.92 Å². The molecule has 0 atom stereocenters. The molecule has 2 aromatic heterocycles. The highest BCUT2D eigenvalue weighted by Gasteiger charge is 2.23. The van der Waals surface area contributed by atoms with Gasteiger partial charge in [-0.15, -0.1) is 0 Å². The SMILES string of the molecule is CC(=NNc1c([N+](=O)[O-])c(C)nn1C)c1ccccn1. The molecule has 8 heteroatoms. The van der Waals surface area contributed by atoms with Crippen LogP contribution in [-0.4, -0.2) is 25.4 Å². The van der Waals surface area contributed by atoms with Crippen molar-refractivity contribution in [3.63, 3.8) is 0 Å². The van der Waals surface area contributed by atoms with Crippen LogP contribution in [0.15, 0.2) is 29.5 Å². The molecule has 0 unspecified atom stereocenters. The van der Waals surface area contributed by atoms with Gasteiger partial charge in [0, 0.05) is 13.2 Å². The van der Waals surface area contributed by atoms with Crippen molar-refractivity contribution in [3.8, 4) is 0 Å². The number of pyridine rings is 1. The van der Waals surface area contributed by atoms with Crippen molar-refractivity contribution in [1.82, 2.24) is 14.8 Å². The summed E-state index contributed by atoms with van der Waals surface area (Å²) >= 11 is 0. The lowest BCUT2D eigenvalue weighted by molar-refractivity contribution is -0.384. The first-order chi connectivity index (χ1) is 9.50. The Morgan fingerprint density at radius 1 is 1.50 bits per heavy atom. The van der Waals surface area contributed by atoms with Crippen molar-refractivity contribution in [2.45, 2.75) is 13.8 Å². The summed E-state index contributed by atoms with van der Waals surface area (Å²) in [7, 11) is 1.62. The molecule has 1 N–H and O–H groups in total. The van der Waals surface area contributed by atoms with E-state index in [2.05, 4.69) is 20.6 Å². The fourth-order valence-corrected chi connectivity index (χ4v) is 1.76. The number of nitrogens with zero attached hydrogens (tertiary/aromatic N) is 5. The van der Waals surface area contributed by atoms with E-state index in [4.69, 9.17) is 0 Å². The van der Waals surface area contributed by atoms with Crippen molar-refractivity contribution in [2.24, 2.45) is 12.1 Å². The van der Waals surface area contributed by atoms with E-state index in [9.17, 15) is 10.1 Å². The van der Waals surface area contributed by atoms with Crippen molar-refractivity contribution in [2.75, 3.05) is 5.43 Å². The van der Waals surface area contributed by atoms with Gasteiger partial charge in [0.2, 0.25) is 5.82 Å². The monoisotopic (exact) mass is 274 g/mol. The molecule has 0 aliphatic rings. The molecule has 0 amide bonds. The van der Waals surface area contributed by atoms with Crippen LogP contribution >= 0.6 is 0 Å². The zero-order valence-corrected chi connectivity index (χ0v) is 11.4. The van der Waals surface area contributed by atoms with E-state index in [0.29, 0.717) is 17.1 Å². The minimum Gasteiger partial charge on any atom is -0.258 e. The predicted octanol–water partition coefficient (Wildman–Crippen LogP) is 1.87. The van der Waals surface area contributed by atoms with Gasteiger partial charge in [-0.2, -0.15) is 10.2 Å². The van der Waals surface area contributed by atoms with E-state index in [1.807, 2.05) is 12.1 Å². The highest BCUT2D eigenvalue weighted by Crippen LogP contribution is 2.27. The number of aryl methyl sites for hydroxylation is 2. The zero-order valence-electron chi connectivity index (χ0n) is 11.4. The van der Waals surface area contributed by atoms with E-state index in [0.717, 1.165) is 0 Å². The van der Waals surface area contributed by atoms with Gasteiger partial charge in [-0.05, 0) is 26.0 Å². The predicted molar refractivity (Wildman–Crippen MR) is 74.7 cm³/mol. The van der Waals surface area contributed by atoms with Gasteiger partial charge in [-0.25, -0.2) is 4.68 Å². The first-order valence-electron chi connectivity index (χ1n) is 5.90. The fourth-order valence-electron chi connectivity index (χ4n) is 1.76. The second-order valence-electron chi connectivity index (χ2n) is 4.19. The lowest BCUT2D eigenvalue weighted by Crippen LogP contribution is -2.05. The van der Waals surface area contributed by atoms with E-state index in [1.165, 1.54) is 4.68 Å². The maximum absolute atomic E-state index is 11.0. The molecular formula is C12H14N6O2. The largest absolute Gasteiger partial charge is 0.335 e. The number of aromatic nitrogens is 3. The molecule has 2 rings (SSSR count). The summed E-state index contributed by atoms with van der Waals surface area (Å²) in [5, 5.41) is 19.2. The normalized spacial score (nSPS) is 11.4. The van der Waals surface area contributed by atoms with E-state index >= 15 is 0 Å². The Hall–Kier alpha value is -2.77. The number of hydrogen-bond donors (Lipinski definition) is 1. The topological polar surface area (TPSA) is 98.2 Å². The van der Waals surface area contributed by atoms with Crippen LogP contribution in [0, 0.1) is 17.0 Å². The Morgan fingerprint density at radius 2 is 2.25 bits per heavy atom. The molecule has 8 nitrogen and oxygen atoms in total. The van der Waals surface area contributed by atoms with Crippen molar-refractivity contribution >= 4 is 17.2 Å². The molecule has 0 aliphatic carbocycles. The summed E-state index contributed by atoms with van der Waals surface area (Å²) in [6.45, 7) is 3.35. The highest BCUT2D eigenvalue weighted by atomic mass is 16.6. The van der Waals surface area contributed by atoms with Gasteiger partial charge in [0.1, 0.15) is 5.69 Å². The molecule has 0 radical (unpaired) electrons. The minimum absolute atomic E-state index is 0.0786. The van der Waals surface area contributed by atoms with Gasteiger partial charge in [0.15, 0.2) is 0 Å². The number of rotatable bonds is 4. The molecule has 2 heterocycles. The maximum Gasteiger partial charge on any atom is 0.335 e. The number of nitro groups is 1. The molecule has 0 fully saturated rings. The van der Waals surface area contributed by atoms with E-state index in [1.54, 1.807) is 33.2 Å². The first-order valence-corrected chi connectivity index (χ1v) is 5.90. The average molecular weight is 274 g/mol. The van der Waals surface area contributed by atoms with Gasteiger partial charge in [0.25, 0.3) is 0 Å². The van der Waals surface area contributed by atoms with Crippen molar-refractivity contribution in [1.29, 1.82) is 0 Å². The third-order valence-corrected chi connectivity index (χ3v) is 2.74. The smallest absolute Gasteiger partial charge is 0.258 e. The molecule has 0 aromatic carbocycles. The Balaban J connectivity index is 2.30. The van der Waals surface area contributed by atoms with Gasteiger partial charge in [-0.3, -0.25) is 20.5 Å². The second-order valence-corrected chi connectivity index (χ2v) is 4.19. The molecule has 0 saturated carbocycles. The van der Waals surface area contributed by atoms with Crippen LogP contribution in [0.2, 0.25) is 0 Å². The van der Waals surface area contributed by atoms with Crippen molar-refractivity contribution < 1.29 is 4.92 Å². The van der Waals surface area contributed by atoms with Crippen LogP contribution in [0.4, 0.5) is 11.5 Å². The fraction of sp³-hybridized carbons (Fsp3) is 0.250. The Bertz CT molecular complexity index is 662. The van der Waals surface area contributed by atoms with Gasteiger partial charge in [-0.1, -0.05) is 6.07 Å². The average Bonchev–Trinajstić information content (AvgIpc) is 2.71. The van der Waals surface area contributed by atoms with Crippen LogP contribution in [0.25, 0.3) is 0 Å². The van der Waals surface area contributed by atoms with Crippen LogP contribution in [0.3, 0.4) is 0 Å². The molecule has 104 valence electrons. The molecule has 0 saturated heterocycles. The number of nitrogens with one attached hydrogen (secondary N) is 1. The Kier molecular flexibility index (Phi) is 3.74. The Labute approximate surface area is 115 Å². The third-order valence-electron chi connectivity index (χ3n) is 2.74. The third kappa shape index (κ3) is 2.63. The van der Waals surface area contributed by atoms with Crippen molar-refractivity contribution in [3.05, 3.63) is 45.9 Å². The first kappa shape index (κ1) is 13.7. The van der Waals surface area contributed by atoms with E-state index in [-0.39, 0.29) is 11.5 Å². The van der Waals surface area contributed by atoms with Gasteiger partial charge in [0.05, 0.1) is 16.3 Å². The molecule has 0 aliphatic heterocycles. The lowest BCUT2D eigenvalue weighted by Gasteiger charge is -2.02. The summed E-state index contributed by atoms with van der Waals surface area (Å²) < 4.78 is 1.39. The van der Waals surface area contributed by atoms with Gasteiger partial charge < -0.3 is 0 Å². The van der Waals surface area contributed by atoms with Gasteiger partial charge >= 0.3 is 5.69 Å². The lowest BCUT2D eigenvalue weighted by atomic mass is 10.3. The molecule has 0 spiro atoms.